The molecule has 0 radical (unpaired) electrons. The molecule has 2 aromatic carbocycles. The van der Waals surface area contributed by atoms with E-state index >= 15 is 0 Å². The second kappa shape index (κ2) is 7.28. The van der Waals surface area contributed by atoms with Crippen LogP contribution in [0, 0.1) is 6.92 Å². The van der Waals surface area contributed by atoms with Crippen LogP contribution in [0.15, 0.2) is 41.8 Å². The van der Waals surface area contributed by atoms with Gasteiger partial charge in [-0.25, -0.2) is 4.98 Å². The van der Waals surface area contributed by atoms with Crippen LogP contribution in [0.25, 0.3) is 11.3 Å². The summed E-state index contributed by atoms with van der Waals surface area (Å²) in [5.41, 5.74) is 3.14. The normalized spacial score (nSPS) is 12.5. The van der Waals surface area contributed by atoms with Gasteiger partial charge in [0, 0.05) is 10.9 Å². The molecule has 1 N–H and O–H groups in total. The number of rotatable bonds is 4. The summed E-state index contributed by atoms with van der Waals surface area (Å²) in [5.74, 6) is 1.72. The number of methoxy groups -OCH3 is 1. The van der Waals surface area contributed by atoms with Crippen LogP contribution in [-0.2, 0) is 0 Å². The van der Waals surface area contributed by atoms with E-state index < -0.39 is 0 Å². The number of fused-ring (bicyclic) bond motifs is 1. The Morgan fingerprint density at radius 1 is 1.15 bits per heavy atom. The number of carbonyl (C=O) groups excluding carboxylic acids is 1. The number of benzene rings is 2. The van der Waals surface area contributed by atoms with E-state index in [-0.39, 0.29) is 5.91 Å². The van der Waals surface area contributed by atoms with Gasteiger partial charge in [-0.05, 0) is 37.3 Å². The van der Waals surface area contributed by atoms with Gasteiger partial charge in [-0.3, -0.25) is 10.1 Å². The SMILES string of the molecule is COc1ccc(C)cc1C(=O)Nc1nc(-c2ccc3c(c2)OCCO3)cs1. The van der Waals surface area contributed by atoms with E-state index in [4.69, 9.17) is 14.2 Å². The Balaban J connectivity index is 1.55. The number of anilines is 1. The third-order valence-corrected chi connectivity index (χ3v) is 4.92. The van der Waals surface area contributed by atoms with Crippen LogP contribution in [0.1, 0.15) is 15.9 Å². The van der Waals surface area contributed by atoms with Crippen LogP contribution in [0.5, 0.6) is 17.2 Å². The van der Waals surface area contributed by atoms with Crippen LogP contribution < -0.4 is 19.5 Å². The molecule has 6 nitrogen and oxygen atoms in total. The van der Waals surface area contributed by atoms with E-state index in [0.29, 0.717) is 35.4 Å². The van der Waals surface area contributed by atoms with Crippen molar-refractivity contribution in [2.45, 2.75) is 6.92 Å². The first-order valence-electron chi connectivity index (χ1n) is 8.45. The van der Waals surface area contributed by atoms with E-state index in [9.17, 15) is 4.79 Å². The Morgan fingerprint density at radius 2 is 1.96 bits per heavy atom. The topological polar surface area (TPSA) is 69.7 Å². The highest BCUT2D eigenvalue weighted by Crippen LogP contribution is 2.35. The van der Waals surface area contributed by atoms with Gasteiger partial charge < -0.3 is 14.2 Å². The molecule has 1 aliphatic heterocycles. The summed E-state index contributed by atoms with van der Waals surface area (Å²) >= 11 is 1.37. The number of nitrogens with one attached hydrogen (secondary N) is 1. The zero-order valence-electron chi connectivity index (χ0n) is 14.9. The van der Waals surface area contributed by atoms with E-state index in [1.54, 1.807) is 19.2 Å². The highest BCUT2D eigenvalue weighted by molar-refractivity contribution is 7.14. The highest BCUT2D eigenvalue weighted by Gasteiger charge is 2.16. The molecule has 3 aromatic rings. The number of aromatic nitrogens is 1. The smallest absolute Gasteiger partial charge is 0.261 e. The molecule has 0 saturated carbocycles. The fourth-order valence-electron chi connectivity index (χ4n) is 2.83. The van der Waals surface area contributed by atoms with Crippen molar-refractivity contribution in [1.82, 2.24) is 4.98 Å². The standard InChI is InChI=1S/C20H18N2O4S/c1-12-3-5-16(24-2)14(9-12)19(23)22-20-21-15(11-27-20)13-4-6-17-18(10-13)26-8-7-25-17/h3-6,9-11H,7-8H2,1-2H3,(H,21,22,23). The maximum Gasteiger partial charge on any atom is 0.261 e. The van der Waals surface area contributed by atoms with Gasteiger partial charge in [-0.1, -0.05) is 11.6 Å². The molecule has 1 amide bonds. The van der Waals surface area contributed by atoms with Crippen molar-refractivity contribution in [3.05, 3.63) is 52.9 Å². The molecule has 7 heteroatoms. The molecule has 138 valence electrons. The van der Waals surface area contributed by atoms with Gasteiger partial charge in [-0.15, -0.1) is 11.3 Å². The van der Waals surface area contributed by atoms with Gasteiger partial charge in [0.05, 0.1) is 18.4 Å². The first-order chi connectivity index (χ1) is 13.1. The van der Waals surface area contributed by atoms with Gasteiger partial charge in [-0.2, -0.15) is 0 Å². The third kappa shape index (κ3) is 3.59. The summed E-state index contributed by atoms with van der Waals surface area (Å²) < 4.78 is 16.4. The monoisotopic (exact) mass is 382 g/mol. The van der Waals surface area contributed by atoms with Crippen LogP contribution in [0.3, 0.4) is 0 Å². The molecule has 27 heavy (non-hydrogen) atoms. The molecule has 1 aliphatic rings. The molecular weight excluding hydrogens is 364 g/mol. The Morgan fingerprint density at radius 3 is 2.78 bits per heavy atom. The lowest BCUT2D eigenvalue weighted by molar-refractivity contribution is 0.102. The molecule has 0 atom stereocenters. The average molecular weight is 382 g/mol. The zero-order valence-corrected chi connectivity index (χ0v) is 15.8. The molecule has 0 fully saturated rings. The maximum absolute atomic E-state index is 12.6. The van der Waals surface area contributed by atoms with Crippen molar-refractivity contribution in [3.63, 3.8) is 0 Å². The second-order valence-corrected chi connectivity index (χ2v) is 6.91. The number of hydrogen-bond donors (Lipinski definition) is 1. The van der Waals surface area contributed by atoms with Crippen molar-refractivity contribution in [3.8, 4) is 28.5 Å². The fourth-order valence-corrected chi connectivity index (χ4v) is 3.54. The van der Waals surface area contributed by atoms with Gasteiger partial charge in [0.2, 0.25) is 0 Å². The number of carbonyl (C=O) groups is 1. The fraction of sp³-hybridized carbons (Fsp3) is 0.200. The summed E-state index contributed by atoms with van der Waals surface area (Å²) in [7, 11) is 1.55. The van der Waals surface area contributed by atoms with Crippen molar-refractivity contribution in [2.75, 3.05) is 25.6 Å². The third-order valence-electron chi connectivity index (χ3n) is 4.16. The lowest BCUT2D eigenvalue weighted by Gasteiger charge is -2.18. The Hall–Kier alpha value is -3.06. The van der Waals surface area contributed by atoms with E-state index in [1.807, 2.05) is 36.6 Å². The average Bonchev–Trinajstić information content (AvgIpc) is 3.16. The van der Waals surface area contributed by atoms with Crippen LogP contribution in [0.4, 0.5) is 5.13 Å². The minimum Gasteiger partial charge on any atom is -0.496 e. The largest absolute Gasteiger partial charge is 0.496 e. The van der Waals surface area contributed by atoms with Gasteiger partial charge in [0.1, 0.15) is 19.0 Å². The first-order valence-corrected chi connectivity index (χ1v) is 9.33. The van der Waals surface area contributed by atoms with Gasteiger partial charge >= 0.3 is 0 Å². The molecule has 0 spiro atoms. The predicted molar refractivity (Wildman–Crippen MR) is 104 cm³/mol. The molecule has 1 aromatic heterocycles. The lowest BCUT2D eigenvalue weighted by atomic mass is 10.1. The van der Waals surface area contributed by atoms with Gasteiger partial charge in [0.25, 0.3) is 5.91 Å². The first kappa shape index (κ1) is 17.4. The second-order valence-electron chi connectivity index (χ2n) is 6.05. The Labute approximate surface area is 160 Å². The zero-order chi connectivity index (χ0) is 18.8. The van der Waals surface area contributed by atoms with E-state index in [1.165, 1.54) is 11.3 Å². The lowest BCUT2D eigenvalue weighted by Crippen LogP contribution is -2.15. The number of aryl methyl sites for hydroxylation is 1. The number of ether oxygens (including phenoxy) is 3. The maximum atomic E-state index is 12.6. The number of amides is 1. The number of hydrogen-bond acceptors (Lipinski definition) is 6. The number of thiazole rings is 1. The molecule has 2 heterocycles. The van der Waals surface area contributed by atoms with E-state index in [0.717, 1.165) is 22.6 Å². The summed E-state index contributed by atoms with van der Waals surface area (Å²) in [5, 5.41) is 5.26. The van der Waals surface area contributed by atoms with Crippen LogP contribution in [0.2, 0.25) is 0 Å². The molecule has 0 unspecified atom stereocenters. The van der Waals surface area contributed by atoms with Crippen molar-refractivity contribution in [1.29, 1.82) is 0 Å². The van der Waals surface area contributed by atoms with Gasteiger partial charge in [0.15, 0.2) is 16.6 Å². The van der Waals surface area contributed by atoms with E-state index in [2.05, 4.69) is 10.3 Å². The van der Waals surface area contributed by atoms with Crippen LogP contribution in [-0.4, -0.2) is 31.2 Å². The van der Waals surface area contributed by atoms with Crippen molar-refractivity contribution >= 4 is 22.4 Å². The van der Waals surface area contributed by atoms with Crippen molar-refractivity contribution < 1.29 is 19.0 Å². The van der Waals surface area contributed by atoms with Crippen molar-refractivity contribution in [2.24, 2.45) is 0 Å². The predicted octanol–water partition coefficient (Wildman–Crippen LogP) is 4.15. The Bertz CT molecular complexity index is 999. The molecule has 0 saturated heterocycles. The molecular formula is C20H18N2O4S. The molecule has 0 aliphatic carbocycles. The summed E-state index contributed by atoms with van der Waals surface area (Å²) in [4.78, 5) is 17.1. The number of nitrogens with zero attached hydrogens (tertiary/aromatic N) is 1. The minimum atomic E-state index is -0.251. The van der Waals surface area contributed by atoms with Crippen LogP contribution >= 0.6 is 11.3 Å². The molecule has 4 rings (SSSR count). The summed E-state index contributed by atoms with van der Waals surface area (Å²) in [6, 6.07) is 11.2. The summed E-state index contributed by atoms with van der Waals surface area (Å²) in [6.45, 7) is 3.02. The quantitative estimate of drug-likeness (QED) is 0.734. The molecule has 0 bridgehead atoms. The highest BCUT2D eigenvalue weighted by atomic mass is 32.1. The minimum absolute atomic E-state index is 0.251. The Kier molecular flexibility index (Phi) is 4.68. The summed E-state index contributed by atoms with van der Waals surface area (Å²) in [6.07, 6.45) is 0.